The molecule has 0 aromatic heterocycles. The van der Waals surface area contributed by atoms with Crippen LogP contribution in [0.25, 0.3) is 0 Å². The summed E-state index contributed by atoms with van der Waals surface area (Å²) >= 11 is 5.99. The Balaban J connectivity index is 1.85. The van der Waals surface area contributed by atoms with Crippen LogP contribution < -0.4 is 9.62 Å². The quantitative estimate of drug-likeness (QED) is 0.580. The minimum absolute atomic E-state index is 0.115. The van der Waals surface area contributed by atoms with Gasteiger partial charge in [-0.1, -0.05) is 54.8 Å². The Morgan fingerprint density at radius 2 is 1.67 bits per heavy atom. The molecule has 1 atom stereocenters. The molecule has 9 heteroatoms. The SMILES string of the molecule is C[C@@H](C(=O)NC1CCCC1)N(Cc1ccc(Cl)cc1)C(=O)CN(c1ccccc1)S(C)(=O)=O. The number of anilines is 1. The number of carbonyl (C=O) groups is 2. The van der Waals surface area contributed by atoms with Crippen LogP contribution in [0.15, 0.2) is 54.6 Å². The topological polar surface area (TPSA) is 86.8 Å². The fourth-order valence-corrected chi connectivity index (χ4v) is 4.94. The monoisotopic (exact) mass is 491 g/mol. The first kappa shape index (κ1) is 25.1. The molecule has 1 aliphatic carbocycles. The van der Waals surface area contributed by atoms with Gasteiger partial charge in [0.2, 0.25) is 21.8 Å². The number of hydrogen-bond acceptors (Lipinski definition) is 4. The Bertz CT molecular complexity index is 1050. The third kappa shape index (κ3) is 6.95. The predicted molar refractivity (Wildman–Crippen MR) is 130 cm³/mol. The van der Waals surface area contributed by atoms with Gasteiger partial charge >= 0.3 is 0 Å². The van der Waals surface area contributed by atoms with E-state index in [1.54, 1.807) is 61.5 Å². The summed E-state index contributed by atoms with van der Waals surface area (Å²) in [4.78, 5) is 27.9. The molecule has 33 heavy (non-hydrogen) atoms. The second-order valence-electron chi connectivity index (χ2n) is 8.42. The Labute approximate surface area is 200 Å². The van der Waals surface area contributed by atoms with Crippen molar-refractivity contribution in [1.82, 2.24) is 10.2 Å². The average molecular weight is 492 g/mol. The van der Waals surface area contributed by atoms with Crippen molar-refractivity contribution in [3.8, 4) is 0 Å². The third-order valence-electron chi connectivity index (χ3n) is 5.86. The molecule has 1 N–H and O–H groups in total. The van der Waals surface area contributed by atoms with Crippen molar-refractivity contribution in [2.75, 3.05) is 17.1 Å². The standard InChI is InChI=1S/C24H30ClN3O4S/c1-18(24(30)26-21-8-6-7-9-21)27(16-19-12-14-20(25)15-13-19)23(29)17-28(33(2,31)32)22-10-4-3-5-11-22/h3-5,10-15,18,21H,6-9,16-17H2,1-2H3,(H,26,30)/t18-/m0/s1. The lowest BCUT2D eigenvalue weighted by atomic mass is 10.1. The molecule has 1 saturated carbocycles. The van der Waals surface area contributed by atoms with Crippen LogP contribution in [0.3, 0.4) is 0 Å². The minimum atomic E-state index is -3.72. The lowest BCUT2D eigenvalue weighted by Crippen LogP contribution is -2.52. The number of halogens is 1. The molecule has 1 aliphatic rings. The van der Waals surface area contributed by atoms with Crippen molar-refractivity contribution < 1.29 is 18.0 Å². The summed E-state index contributed by atoms with van der Waals surface area (Å²) in [7, 11) is -3.72. The molecule has 1 fully saturated rings. The predicted octanol–water partition coefficient (Wildman–Crippen LogP) is 3.58. The van der Waals surface area contributed by atoms with Crippen LogP contribution in [-0.4, -0.2) is 50.0 Å². The molecule has 2 aromatic rings. The summed E-state index contributed by atoms with van der Waals surface area (Å²) in [5, 5.41) is 3.60. The number of carbonyl (C=O) groups excluding carboxylic acids is 2. The lowest BCUT2D eigenvalue weighted by Gasteiger charge is -2.32. The highest BCUT2D eigenvalue weighted by atomic mass is 35.5. The summed E-state index contributed by atoms with van der Waals surface area (Å²) in [5.74, 6) is -0.705. The zero-order chi connectivity index (χ0) is 24.0. The van der Waals surface area contributed by atoms with Gasteiger partial charge in [-0.25, -0.2) is 8.42 Å². The van der Waals surface area contributed by atoms with Crippen LogP contribution in [0.4, 0.5) is 5.69 Å². The van der Waals surface area contributed by atoms with E-state index in [1.807, 2.05) is 0 Å². The van der Waals surface area contributed by atoms with Crippen molar-refractivity contribution in [3.63, 3.8) is 0 Å². The molecule has 0 unspecified atom stereocenters. The van der Waals surface area contributed by atoms with Gasteiger partial charge in [0.15, 0.2) is 0 Å². The van der Waals surface area contributed by atoms with Crippen LogP contribution in [0, 0.1) is 0 Å². The molecular weight excluding hydrogens is 462 g/mol. The van der Waals surface area contributed by atoms with Crippen LogP contribution in [0.5, 0.6) is 0 Å². The van der Waals surface area contributed by atoms with Crippen molar-refractivity contribution >= 4 is 39.1 Å². The van der Waals surface area contributed by atoms with Crippen LogP contribution >= 0.6 is 11.6 Å². The molecule has 2 amide bonds. The molecule has 0 aliphatic heterocycles. The maximum atomic E-state index is 13.4. The minimum Gasteiger partial charge on any atom is -0.352 e. The van der Waals surface area contributed by atoms with Crippen molar-refractivity contribution in [2.24, 2.45) is 0 Å². The molecule has 0 radical (unpaired) electrons. The number of rotatable bonds is 9. The fraction of sp³-hybridized carbons (Fsp3) is 0.417. The summed E-state index contributed by atoms with van der Waals surface area (Å²) < 4.78 is 26.0. The van der Waals surface area contributed by atoms with E-state index in [0.717, 1.165) is 41.8 Å². The van der Waals surface area contributed by atoms with E-state index >= 15 is 0 Å². The highest BCUT2D eigenvalue weighted by molar-refractivity contribution is 7.92. The second kappa shape index (κ2) is 11.0. The zero-order valence-electron chi connectivity index (χ0n) is 18.9. The normalized spacial score (nSPS) is 15.1. The van der Waals surface area contributed by atoms with Crippen molar-refractivity contribution in [1.29, 1.82) is 0 Å². The Morgan fingerprint density at radius 3 is 2.24 bits per heavy atom. The molecular formula is C24H30ClN3O4S. The first-order valence-corrected chi connectivity index (χ1v) is 13.2. The molecule has 178 valence electrons. The Kier molecular flexibility index (Phi) is 8.37. The van der Waals surface area contributed by atoms with Gasteiger partial charge in [-0.05, 0) is 49.6 Å². The first-order chi connectivity index (χ1) is 15.6. The highest BCUT2D eigenvalue weighted by Crippen LogP contribution is 2.21. The number of hydrogen-bond donors (Lipinski definition) is 1. The number of nitrogens with zero attached hydrogens (tertiary/aromatic N) is 2. The smallest absolute Gasteiger partial charge is 0.244 e. The maximum absolute atomic E-state index is 13.4. The average Bonchev–Trinajstić information content (AvgIpc) is 3.29. The summed E-state index contributed by atoms with van der Waals surface area (Å²) in [5.41, 5.74) is 1.18. The van der Waals surface area contributed by atoms with E-state index in [-0.39, 0.29) is 18.5 Å². The van der Waals surface area contributed by atoms with E-state index in [4.69, 9.17) is 11.6 Å². The van der Waals surface area contributed by atoms with Gasteiger partial charge in [0.05, 0.1) is 11.9 Å². The lowest BCUT2D eigenvalue weighted by molar-refractivity contribution is -0.139. The van der Waals surface area contributed by atoms with Crippen LogP contribution in [0.2, 0.25) is 5.02 Å². The van der Waals surface area contributed by atoms with Crippen LogP contribution in [-0.2, 0) is 26.2 Å². The number of amides is 2. The van der Waals surface area contributed by atoms with Crippen molar-refractivity contribution in [2.45, 2.75) is 51.2 Å². The van der Waals surface area contributed by atoms with Gasteiger partial charge in [0.1, 0.15) is 12.6 Å². The molecule has 2 aromatic carbocycles. The zero-order valence-corrected chi connectivity index (χ0v) is 20.5. The van der Waals surface area contributed by atoms with E-state index in [0.29, 0.717) is 10.7 Å². The molecule has 0 bridgehead atoms. The van der Waals surface area contributed by atoms with Gasteiger partial charge in [-0.3, -0.25) is 13.9 Å². The van der Waals surface area contributed by atoms with Crippen molar-refractivity contribution in [3.05, 3.63) is 65.2 Å². The largest absolute Gasteiger partial charge is 0.352 e. The van der Waals surface area contributed by atoms with Gasteiger partial charge < -0.3 is 10.2 Å². The molecule has 0 spiro atoms. The maximum Gasteiger partial charge on any atom is 0.244 e. The van der Waals surface area contributed by atoms with Crippen LogP contribution in [0.1, 0.15) is 38.2 Å². The molecule has 3 rings (SSSR count). The number of para-hydroxylation sites is 1. The van der Waals surface area contributed by atoms with Gasteiger partial charge in [0.25, 0.3) is 0 Å². The Hall–Kier alpha value is -2.58. The summed E-state index contributed by atoms with van der Waals surface area (Å²) in [6, 6.07) is 14.8. The van der Waals surface area contributed by atoms with Gasteiger partial charge in [-0.2, -0.15) is 0 Å². The molecule has 0 heterocycles. The van der Waals surface area contributed by atoms with Gasteiger partial charge in [-0.15, -0.1) is 0 Å². The summed E-state index contributed by atoms with van der Waals surface area (Å²) in [6.45, 7) is 1.42. The van der Waals surface area contributed by atoms with E-state index < -0.39 is 28.5 Å². The second-order valence-corrected chi connectivity index (χ2v) is 10.8. The highest BCUT2D eigenvalue weighted by Gasteiger charge is 2.31. The number of benzene rings is 2. The molecule has 7 nitrogen and oxygen atoms in total. The number of nitrogens with one attached hydrogen (secondary N) is 1. The summed E-state index contributed by atoms with van der Waals surface area (Å²) in [6.07, 6.45) is 5.08. The first-order valence-electron chi connectivity index (χ1n) is 11.0. The Morgan fingerprint density at radius 1 is 1.06 bits per heavy atom. The van der Waals surface area contributed by atoms with E-state index in [2.05, 4.69) is 5.32 Å². The van der Waals surface area contributed by atoms with E-state index in [1.165, 1.54) is 4.90 Å². The van der Waals surface area contributed by atoms with E-state index in [9.17, 15) is 18.0 Å². The fourth-order valence-electron chi connectivity index (χ4n) is 3.97. The third-order valence-corrected chi connectivity index (χ3v) is 7.25. The number of sulfonamides is 1. The molecule has 0 saturated heterocycles. The van der Waals surface area contributed by atoms with Gasteiger partial charge in [0, 0.05) is 17.6 Å².